The quantitative estimate of drug-likeness (QED) is 0.768. The standard InChI is InChI=1S/C13H14Cl3N3O3/c1-7-5-9(17-22-7)19-4-3-8(10(19)20)18(2)11(21)12(14)6-13(12,15)16/h5,8H,3-4,6H2,1-2H3. The smallest absolute Gasteiger partial charge is 0.251 e. The third kappa shape index (κ3) is 2.28. The minimum Gasteiger partial charge on any atom is -0.360 e. The lowest BCUT2D eigenvalue weighted by Gasteiger charge is -2.26. The van der Waals surface area contributed by atoms with Gasteiger partial charge in [-0.05, 0) is 13.3 Å². The van der Waals surface area contributed by atoms with Crippen LogP contribution < -0.4 is 4.90 Å². The number of nitrogens with zero attached hydrogens (tertiary/aromatic N) is 3. The molecule has 0 radical (unpaired) electrons. The van der Waals surface area contributed by atoms with E-state index in [1.807, 2.05) is 0 Å². The van der Waals surface area contributed by atoms with Crippen molar-refractivity contribution < 1.29 is 14.1 Å². The van der Waals surface area contributed by atoms with Gasteiger partial charge in [0.1, 0.15) is 16.1 Å². The van der Waals surface area contributed by atoms with Crippen molar-refractivity contribution >= 4 is 52.4 Å². The van der Waals surface area contributed by atoms with E-state index in [1.54, 1.807) is 13.0 Å². The Hall–Kier alpha value is -0.980. The summed E-state index contributed by atoms with van der Waals surface area (Å²) in [6, 6.07) is 1.07. The van der Waals surface area contributed by atoms with Crippen LogP contribution >= 0.6 is 34.8 Å². The number of anilines is 1. The molecule has 0 spiro atoms. The fraction of sp³-hybridized carbons (Fsp3) is 0.615. The number of likely N-dealkylation sites (N-methyl/N-ethyl adjacent to an activating group) is 1. The van der Waals surface area contributed by atoms with Crippen LogP contribution in [-0.4, -0.2) is 50.7 Å². The predicted octanol–water partition coefficient (Wildman–Crippen LogP) is 2.10. The Labute approximate surface area is 142 Å². The van der Waals surface area contributed by atoms with E-state index in [4.69, 9.17) is 39.3 Å². The van der Waals surface area contributed by atoms with Gasteiger partial charge < -0.3 is 9.42 Å². The first-order valence-electron chi connectivity index (χ1n) is 6.76. The molecule has 1 saturated carbocycles. The molecule has 2 amide bonds. The van der Waals surface area contributed by atoms with Crippen LogP contribution in [0, 0.1) is 6.92 Å². The second kappa shape index (κ2) is 5.01. The third-order valence-corrected chi connectivity index (χ3v) is 5.84. The van der Waals surface area contributed by atoms with Crippen LogP contribution in [0.1, 0.15) is 18.6 Å². The Kier molecular flexibility index (Phi) is 3.62. The number of aromatic nitrogens is 1. The van der Waals surface area contributed by atoms with Crippen molar-refractivity contribution in [2.45, 2.75) is 35.0 Å². The summed E-state index contributed by atoms with van der Waals surface area (Å²) in [6.45, 7) is 2.20. The SMILES string of the molecule is Cc1cc(N2CCC(N(C)C(=O)C3(Cl)CC3(Cl)Cl)C2=O)no1. The van der Waals surface area contributed by atoms with Crippen molar-refractivity contribution in [2.24, 2.45) is 0 Å². The Balaban J connectivity index is 1.74. The van der Waals surface area contributed by atoms with Gasteiger partial charge in [0.2, 0.25) is 5.91 Å². The maximum Gasteiger partial charge on any atom is 0.251 e. The van der Waals surface area contributed by atoms with E-state index in [9.17, 15) is 9.59 Å². The number of halogens is 3. The summed E-state index contributed by atoms with van der Waals surface area (Å²) in [5.74, 6) is 0.403. The molecule has 6 nitrogen and oxygen atoms in total. The van der Waals surface area contributed by atoms with E-state index in [0.29, 0.717) is 24.5 Å². The molecule has 1 aliphatic heterocycles. The molecule has 1 saturated heterocycles. The summed E-state index contributed by atoms with van der Waals surface area (Å²) < 4.78 is 3.71. The van der Waals surface area contributed by atoms with Gasteiger partial charge in [0, 0.05) is 26.1 Å². The van der Waals surface area contributed by atoms with Crippen molar-refractivity contribution in [3.8, 4) is 0 Å². The summed E-state index contributed by atoms with van der Waals surface area (Å²) >= 11 is 18.0. The van der Waals surface area contributed by atoms with Crippen LogP contribution in [0.3, 0.4) is 0 Å². The van der Waals surface area contributed by atoms with Crippen LogP contribution in [-0.2, 0) is 9.59 Å². The first kappa shape index (κ1) is 15.9. The maximum absolute atomic E-state index is 12.5. The molecule has 120 valence electrons. The van der Waals surface area contributed by atoms with Gasteiger partial charge in [0.05, 0.1) is 0 Å². The van der Waals surface area contributed by atoms with Crippen molar-refractivity contribution in [2.75, 3.05) is 18.5 Å². The largest absolute Gasteiger partial charge is 0.360 e. The highest BCUT2D eigenvalue weighted by molar-refractivity contribution is 6.62. The van der Waals surface area contributed by atoms with E-state index in [-0.39, 0.29) is 12.3 Å². The molecule has 1 aromatic heterocycles. The molecule has 0 N–H and O–H groups in total. The van der Waals surface area contributed by atoms with E-state index in [1.165, 1.54) is 16.8 Å². The first-order valence-corrected chi connectivity index (χ1v) is 7.89. The summed E-state index contributed by atoms with van der Waals surface area (Å²) in [5, 5.41) is 3.83. The number of rotatable bonds is 3. The summed E-state index contributed by atoms with van der Waals surface area (Å²) in [6.07, 6.45) is 0.651. The molecular weight excluding hydrogens is 353 g/mol. The highest BCUT2D eigenvalue weighted by Gasteiger charge is 2.72. The molecular formula is C13H14Cl3N3O3. The molecule has 22 heavy (non-hydrogen) atoms. The zero-order valence-electron chi connectivity index (χ0n) is 12.0. The van der Waals surface area contributed by atoms with Gasteiger partial charge >= 0.3 is 0 Å². The van der Waals surface area contributed by atoms with Gasteiger partial charge in [0.15, 0.2) is 10.7 Å². The Morgan fingerprint density at radius 2 is 2.14 bits per heavy atom. The van der Waals surface area contributed by atoms with Crippen LogP contribution in [0.15, 0.2) is 10.6 Å². The number of aryl methyl sites for hydroxylation is 1. The molecule has 2 atom stereocenters. The molecule has 2 heterocycles. The molecule has 0 bridgehead atoms. The fourth-order valence-corrected chi connectivity index (χ4v) is 3.68. The van der Waals surface area contributed by atoms with Gasteiger partial charge in [-0.15, -0.1) is 11.6 Å². The van der Waals surface area contributed by atoms with Gasteiger partial charge in [-0.1, -0.05) is 28.4 Å². The third-order valence-electron chi connectivity index (χ3n) is 4.12. The first-order chi connectivity index (χ1) is 10.2. The molecule has 0 aromatic carbocycles. The van der Waals surface area contributed by atoms with Crippen LogP contribution in [0.2, 0.25) is 0 Å². The molecule has 2 fully saturated rings. The molecule has 2 aliphatic rings. The van der Waals surface area contributed by atoms with Crippen molar-refractivity contribution in [1.29, 1.82) is 0 Å². The highest BCUT2D eigenvalue weighted by atomic mass is 35.5. The summed E-state index contributed by atoms with van der Waals surface area (Å²) in [4.78, 5) is 26.4. The Bertz CT molecular complexity index is 647. The van der Waals surface area contributed by atoms with Gasteiger partial charge in [-0.2, -0.15) is 0 Å². The van der Waals surface area contributed by atoms with Crippen molar-refractivity contribution in [3.05, 3.63) is 11.8 Å². The molecule has 1 aromatic rings. The number of carbonyl (C=O) groups is 2. The van der Waals surface area contributed by atoms with E-state index >= 15 is 0 Å². The number of alkyl halides is 3. The maximum atomic E-state index is 12.5. The summed E-state index contributed by atoms with van der Waals surface area (Å²) in [5.41, 5.74) is 0. The van der Waals surface area contributed by atoms with E-state index < -0.39 is 21.2 Å². The number of hydrogen-bond donors (Lipinski definition) is 0. The van der Waals surface area contributed by atoms with Gasteiger partial charge in [0.25, 0.3) is 5.91 Å². The molecule has 2 unspecified atom stereocenters. The second-order valence-corrected chi connectivity index (χ2v) is 7.82. The lowest BCUT2D eigenvalue weighted by molar-refractivity contribution is -0.137. The average molecular weight is 367 g/mol. The Morgan fingerprint density at radius 1 is 1.50 bits per heavy atom. The topological polar surface area (TPSA) is 66.7 Å². The van der Waals surface area contributed by atoms with E-state index in [2.05, 4.69) is 5.16 Å². The van der Waals surface area contributed by atoms with Crippen molar-refractivity contribution in [1.82, 2.24) is 10.1 Å². The van der Waals surface area contributed by atoms with Gasteiger partial charge in [-0.3, -0.25) is 14.5 Å². The summed E-state index contributed by atoms with van der Waals surface area (Å²) in [7, 11) is 1.54. The normalized spacial score (nSPS) is 29.8. The van der Waals surface area contributed by atoms with Crippen molar-refractivity contribution in [3.63, 3.8) is 0 Å². The molecule has 9 heteroatoms. The lowest BCUT2D eigenvalue weighted by Crippen LogP contribution is -2.47. The average Bonchev–Trinajstić information content (AvgIpc) is 2.81. The number of carbonyl (C=O) groups excluding carboxylic acids is 2. The van der Waals surface area contributed by atoms with Crippen LogP contribution in [0.25, 0.3) is 0 Å². The monoisotopic (exact) mass is 365 g/mol. The van der Waals surface area contributed by atoms with Gasteiger partial charge in [-0.25, -0.2) is 0 Å². The molecule has 3 rings (SSSR count). The molecule has 1 aliphatic carbocycles. The number of amides is 2. The predicted molar refractivity (Wildman–Crippen MR) is 82.4 cm³/mol. The second-order valence-electron chi connectivity index (χ2n) is 5.69. The fourth-order valence-electron chi connectivity index (χ4n) is 2.65. The van der Waals surface area contributed by atoms with Crippen LogP contribution in [0.4, 0.5) is 5.82 Å². The minimum absolute atomic E-state index is 0.168. The minimum atomic E-state index is -1.34. The highest BCUT2D eigenvalue weighted by Crippen LogP contribution is 2.62. The number of hydrogen-bond acceptors (Lipinski definition) is 4. The van der Waals surface area contributed by atoms with E-state index in [0.717, 1.165) is 0 Å². The van der Waals surface area contributed by atoms with Crippen LogP contribution in [0.5, 0.6) is 0 Å². The zero-order valence-corrected chi connectivity index (χ0v) is 14.2. The zero-order chi connectivity index (χ0) is 16.3. The lowest BCUT2D eigenvalue weighted by atomic mass is 10.2. The Morgan fingerprint density at radius 3 is 2.64 bits per heavy atom.